The Kier molecular flexibility index (Phi) is 4.17. The summed E-state index contributed by atoms with van der Waals surface area (Å²) in [5.41, 5.74) is 2.07. The maximum Gasteiger partial charge on any atom is 0.363 e. The highest BCUT2D eigenvalue weighted by Gasteiger charge is 2.20. The van der Waals surface area contributed by atoms with E-state index in [1.165, 1.54) is 0 Å². The summed E-state index contributed by atoms with van der Waals surface area (Å²) in [5, 5.41) is 0.605. The fraction of sp³-hybridized carbons (Fsp3) is 0. The van der Waals surface area contributed by atoms with Crippen molar-refractivity contribution in [3.05, 3.63) is 82.5 Å². The van der Waals surface area contributed by atoms with Gasteiger partial charge in [0.15, 0.2) is 5.70 Å². The normalized spacial score (nSPS) is 16.1. The van der Waals surface area contributed by atoms with Crippen molar-refractivity contribution in [2.45, 2.75) is 0 Å². The molecule has 3 rings (SSSR count). The number of benzene rings is 2. The molecule has 4 heteroatoms. The molecule has 0 amide bonds. The largest absolute Gasteiger partial charge is 0.403 e. The molecule has 0 saturated carbocycles. The molecular weight excluding hydrogens is 298 g/mol. The quantitative estimate of drug-likeness (QED) is 0.624. The average molecular weight is 310 g/mol. The van der Waals surface area contributed by atoms with Crippen LogP contribution in [0, 0.1) is 0 Å². The van der Waals surface area contributed by atoms with Gasteiger partial charge < -0.3 is 4.74 Å². The molecule has 0 radical (unpaired) electrons. The summed E-state index contributed by atoms with van der Waals surface area (Å²) in [6.45, 7) is 0. The van der Waals surface area contributed by atoms with Crippen molar-refractivity contribution in [3.8, 4) is 0 Å². The van der Waals surface area contributed by atoms with Crippen LogP contribution >= 0.6 is 11.6 Å². The number of rotatable bonds is 3. The molecule has 22 heavy (non-hydrogen) atoms. The summed E-state index contributed by atoms with van der Waals surface area (Å²) in [6, 6.07) is 16.9. The first-order chi connectivity index (χ1) is 10.7. The third-order valence-corrected chi connectivity index (χ3v) is 3.24. The Bertz CT molecular complexity index is 792. The number of hydrogen-bond donors (Lipinski definition) is 0. The predicted molar refractivity (Wildman–Crippen MR) is 88.4 cm³/mol. The lowest BCUT2D eigenvalue weighted by Crippen LogP contribution is -2.01. The Balaban J connectivity index is 1.81. The number of halogens is 1. The Hall–Kier alpha value is -2.65. The van der Waals surface area contributed by atoms with Gasteiger partial charge in [-0.1, -0.05) is 54.1 Å². The number of esters is 1. The minimum atomic E-state index is -0.465. The molecule has 0 atom stereocenters. The minimum Gasteiger partial charge on any atom is -0.403 e. The highest BCUT2D eigenvalue weighted by molar-refractivity contribution is 6.30. The lowest BCUT2D eigenvalue weighted by atomic mass is 10.2. The topological polar surface area (TPSA) is 38.7 Å². The van der Waals surface area contributed by atoms with Gasteiger partial charge in [-0.25, -0.2) is 9.79 Å². The van der Waals surface area contributed by atoms with E-state index in [1.54, 1.807) is 24.3 Å². The molecule has 1 aliphatic heterocycles. The number of hydrogen-bond acceptors (Lipinski definition) is 3. The standard InChI is InChI=1S/C18H12ClNO2/c19-15-8-4-7-14(11-15)12-16-18(21)22-17(20-16)10-9-13-5-2-1-3-6-13/h1-12H. The Morgan fingerprint density at radius 1 is 0.955 bits per heavy atom. The van der Waals surface area contributed by atoms with Crippen LogP contribution in [0.1, 0.15) is 11.1 Å². The number of carbonyl (C=O) groups is 1. The molecule has 0 unspecified atom stereocenters. The summed E-state index contributed by atoms with van der Waals surface area (Å²) in [6.07, 6.45) is 5.16. The first kappa shape index (κ1) is 14.3. The summed E-state index contributed by atoms with van der Waals surface area (Å²) in [7, 11) is 0. The fourth-order valence-corrected chi connectivity index (χ4v) is 2.18. The Morgan fingerprint density at radius 2 is 1.73 bits per heavy atom. The van der Waals surface area contributed by atoms with Gasteiger partial charge in [0.05, 0.1) is 0 Å². The first-order valence-electron chi connectivity index (χ1n) is 6.72. The monoisotopic (exact) mass is 309 g/mol. The van der Waals surface area contributed by atoms with E-state index in [9.17, 15) is 4.79 Å². The van der Waals surface area contributed by atoms with Gasteiger partial charge >= 0.3 is 5.97 Å². The fourth-order valence-electron chi connectivity index (χ4n) is 1.98. The van der Waals surface area contributed by atoms with Crippen molar-refractivity contribution < 1.29 is 9.53 Å². The highest BCUT2D eigenvalue weighted by Crippen LogP contribution is 2.18. The number of ether oxygens (including phenoxy) is 1. The molecule has 0 saturated heterocycles. The zero-order valence-electron chi connectivity index (χ0n) is 11.6. The number of aliphatic imine (C=N–C) groups is 1. The van der Waals surface area contributed by atoms with Crippen LogP contribution in [0.25, 0.3) is 12.2 Å². The van der Waals surface area contributed by atoms with Crippen molar-refractivity contribution >= 4 is 35.6 Å². The predicted octanol–water partition coefficient (Wildman–Crippen LogP) is 4.35. The van der Waals surface area contributed by atoms with Gasteiger partial charge in [-0.15, -0.1) is 0 Å². The third kappa shape index (κ3) is 3.51. The summed E-state index contributed by atoms with van der Waals surface area (Å²) in [4.78, 5) is 16.0. The number of nitrogens with zero attached hydrogens (tertiary/aromatic N) is 1. The van der Waals surface area contributed by atoms with Crippen LogP contribution in [0.2, 0.25) is 5.02 Å². The summed E-state index contributed by atoms with van der Waals surface area (Å²) >= 11 is 5.92. The molecule has 1 heterocycles. The zero-order valence-corrected chi connectivity index (χ0v) is 12.3. The molecule has 1 aliphatic rings. The molecule has 0 N–H and O–H groups in total. The van der Waals surface area contributed by atoms with Gasteiger partial charge in [-0.3, -0.25) is 0 Å². The molecule has 0 aromatic heterocycles. The van der Waals surface area contributed by atoms with E-state index in [0.29, 0.717) is 5.02 Å². The SMILES string of the molecule is O=C1OC(C=Cc2ccccc2)=NC1=Cc1cccc(Cl)c1. The average Bonchev–Trinajstić information content (AvgIpc) is 2.86. The lowest BCUT2D eigenvalue weighted by molar-refractivity contribution is -0.129. The van der Waals surface area contributed by atoms with Crippen LogP contribution in [0.4, 0.5) is 0 Å². The second-order valence-corrected chi connectivity index (χ2v) is 5.10. The molecule has 2 aromatic rings. The third-order valence-electron chi connectivity index (χ3n) is 3.01. The molecular formula is C18H12ClNO2. The van der Waals surface area contributed by atoms with Crippen molar-refractivity contribution in [2.75, 3.05) is 0 Å². The smallest absolute Gasteiger partial charge is 0.363 e. The molecule has 0 aliphatic carbocycles. The molecule has 0 spiro atoms. The van der Waals surface area contributed by atoms with Crippen molar-refractivity contribution in [3.63, 3.8) is 0 Å². The van der Waals surface area contributed by atoms with Crippen molar-refractivity contribution in [2.24, 2.45) is 4.99 Å². The van der Waals surface area contributed by atoms with Gasteiger partial charge in [-0.05, 0) is 35.4 Å². The van der Waals surface area contributed by atoms with Crippen molar-refractivity contribution in [1.82, 2.24) is 0 Å². The van der Waals surface area contributed by atoms with Crippen molar-refractivity contribution in [1.29, 1.82) is 0 Å². The van der Waals surface area contributed by atoms with Gasteiger partial charge in [0.1, 0.15) is 0 Å². The first-order valence-corrected chi connectivity index (χ1v) is 7.10. The zero-order chi connectivity index (χ0) is 15.4. The molecule has 2 aromatic carbocycles. The van der Waals surface area contributed by atoms with Gasteiger partial charge in [0.25, 0.3) is 0 Å². The van der Waals surface area contributed by atoms with E-state index >= 15 is 0 Å². The number of cyclic esters (lactones) is 1. The van der Waals surface area contributed by atoms with E-state index in [-0.39, 0.29) is 11.6 Å². The van der Waals surface area contributed by atoms with Gasteiger partial charge in [0.2, 0.25) is 5.90 Å². The van der Waals surface area contributed by atoms with E-state index < -0.39 is 5.97 Å². The van der Waals surface area contributed by atoms with Crippen LogP contribution in [0.15, 0.2) is 71.4 Å². The van der Waals surface area contributed by atoms with E-state index in [1.807, 2.05) is 48.5 Å². The maximum atomic E-state index is 11.8. The minimum absolute atomic E-state index is 0.259. The van der Waals surface area contributed by atoms with Crippen LogP contribution in [-0.2, 0) is 9.53 Å². The lowest BCUT2D eigenvalue weighted by Gasteiger charge is -1.94. The van der Waals surface area contributed by atoms with Crippen LogP contribution in [0.3, 0.4) is 0 Å². The second kappa shape index (κ2) is 6.41. The van der Waals surface area contributed by atoms with Crippen LogP contribution in [0.5, 0.6) is 0 Å². The second-order valence-electron chi connectivity index (χ2n) is 4.67. The van der Waals surface area contributed by atoms with Gasteiger partial charge in [0, 0.05) is 11.1 Å². The van der Waals surface area contributed by atoms with E-state index in [2.05, 4.69) is 4.99 Å². The number of carbonyl (C=O) groups excluding carboxylic acids is 1. The Morgan fingerprint density at radius 3 is 2.50 bits per heavy atom. The van der Waals surface area contributed by atoms with Crippen LogP contribution < -0.4 is 0 Å². The molecule has 0 bridgehead atoms. The molecule has 108 valence electrons. The van der Waals surface area contributed by atoms with Crippen LogP contribution in [-0.4, -0.2) is 11.9 Å². The Labute approximate surface area is 133 Å². The van der Waals surface area contributed by atoms with Gasteiger partial charge in [-0.2, -0.15) is 0 Å². The summed E-state index contributed by atoms with van der Waals surface area (Å²) < 4.78 is 5.12. The molecule has 3 nitrogen and oxygen atoms in total. The maximum absolute atomic E-state index is 11.8. The summed E-state index contributed by atoms with van der Waals surface area (Å²) in [5.74, 6) is -0.185. The molecule has 0 fully saturated rings. The van der Waals surface area contributed by atoms with E-state index in [0.717, 1.165) is 11.1 Å². The van der Waals surface area contributed by atoms with E-state index in [4.69, 9.17) is 16.3 Å². The highest BCUT2D eigenvalue weighted by atomic mass is 35.5.